The summed E-state index contributed by atoms with van der Waals surface area (Å²) < 4.78 is 0. The Morgan fingerprint density at radius 3 is 2.38 bits per heavy atom. The van der Waals surface area contributed by atoms with Crippen molar-refractivity contribution in [3.63, 3.8) is 0 Å². The summed E-state index contributed by atoms with van der Waals surface area (Å²) in [6, 6.07) is 13.3. The Morgan fingerprint density at radius 2 is 1.62 bits per heavy atom. The minimum absolute atomic E-state index is 0. The van der Waals surface area contributed by atoms with Crippen LogP contribution in [0, 0.1) is 0 Å². The lowest BCUT2D eigenvalue weighted by Crippen LogP contribution is -1.84. The highest BCUT2D eigenvalue weighted by Crippen LogP contribution is 2.24. The van der Waals surface area contributed by atoms with E-state index in [1.165, 1.54) is 0 Å². The second-order valence-electron chi connectivity index (χ2n) is 2.57. The van der Waals surface area contributed by atoms with Gasteiger partial charge in [-0.2, -0.15) is 9.90 Å². The molecule has 0 amide bonds. The fraction of sp³-hybridized carbons (Fsp3) is 0. The quantitative estimate of drug-likeness (QED) is 0.429. The smallest absolute Gasteiger partial charge is 0.172 e. The summed E-state index contributed by atoms with van der Waals surface area (Å²) in [5.74, 6) is 0.494. The normalized spacial score (nSPS) is 9.31. The average molecular weight is 194 g/mol. The van der Waals surface area contributed by atoms with Gasteiger partial charge in [0.1, 0.15) is 0 Å². The third kappa shape index (κ3) is 1.80. The summed E-state index contributed by atoms with van der Waals surface area (Å²) in [6.07, 6.45) is 0. The molecular weight excluding hydrogens is 183 g/mol. The molecule has 2 aromatic rings. The van der Waals surface area contributed by atoms with Gasteiger partial charge < -0.3 is 4.89 Å². The van der Waals surface area contributed by atoms with Gasteiger partial charge in [0, 0.05) is 5.39 Å². The minimum atomic E-state index is 0. The van der Waals surface area contributed by atoms with E-state index >= 15 is 0 Å². The SMILES string of the molecule is OOc1cccc2ccccc12.P. The van der Waals surface area contributed by atoms with E-state index in [1.807, 2.05) is 36.4 Å². The van der Waals surface area contributed by atoms with E-state index < -0.39 is 0 Å². The van der Waals surface area contributed by atoms with E-state index in [-0.39, 0.29) is 9.90 Å². The zero-order valence-electron chi connectivity index (χ0n) is 7.10. The van der Waals surface area contributed by atoms with Crippen LogP contribution in [-0.4, -0.2) is 5.26 Å². The summed E-state index contributed by atoms with van der Waals surface area (Å²) in [7, 11) is 0. The molecule has 0 fully saturated rings. The number of benzene rings is 2. The maximum Gasteiger partial charge on any atom is 0.172 e. The molecule has 1 N–H and O–H groups in total. The first-order valence-electron chi connectivity index (χ1n) is 3.71. The van der Waals surface area contributed by atoms with Crippen molar-refractivity contribution >= 4 is 20.7 Å². The number of hydrogen-bond acceptors (Lipinski definition) is 2. The minimum Gasteiger partial charge on any atom is -0.340 e. The molecule has 0 aromatic heterocycles. The first-order chi connectivity index (χ1) is 5.92. The molecule has 0 saturated heterocycles. The van der Waals surface area contributed by atoms with Crippen LogP contribution in [0.4, 0.5) is 0 Å². The van der Waals surface area contributed by atoms with Crippen molar-refractivity contribution in [3.8, 4) is 5.75 Å². The largest absolute Gasteiger partial charge is 0.340 e. The summed E-state index contributed by atoms with van der Waals surface area (Å²) in [6.45, 7) is 0. The molecule has 0 bridgehead atoms. The van der Waals surface area contributed by atoms with E-state index in [4.69, 9.17) is 5.26 Å². The Hall–Kier alpha value is -1.11. The zero-order valence-corrected chi connectivity index (χ0v) is 8.52. The highest BCUT2D eigenvalue weighted by atomic mass is 31.0. The molecule has 0 spiro atoms. The van der Waals surface area contributed by atoms with Gasteiger partial charge in [0.15, 0.2) is 5.75 Å². The molecule has 2 nitrogen and oxygen atoms in total. The monoisotopic (exact) mass is 194 g/mol. The molecular formula is C10H11O2P. The van der Waals surface area contributed by atoms with E-state index in [2.05, 4.69) is 4.89 Å². The number of fused-ring (bicyclic) bond motifs is 1. The average Bonchev–Trinajstić information content (AvgIpc) is 2.17. The van der Waals surface area contributed by atoms with Crippen molar-refractivity contribution in [3.05, 3.63) is 42.5 Å². The highest BCUT2D eigenvalue weighted by Gasteiger charge is 1.98. The van der Waals surface area contributed by atoms with E-state index in [9.17, 15) is 0 Å². The van der Waals surface area contributed by atoms with E-state index in [0.29, 0.717) is 5.75 Å². The molecule has 1 atom stereocenters. The molecule has 13 heavy (non-hydrogen) atoms. The van der Waals surface area contributed by atoms with Crippen LogP contribution in [0.2, 0.25) is 0 Å². The zero-order chi connectivity index (χ0) is 8.39. The Balaban J connectivity index is 0.000000845. The molecule has 0 aliphatic rings. The van der Waals surface area contributed by atoms with Crippen molar-refractivity contribution in [2.45, 2.75) is 0 Å². The number of hydrogen-bond donors (Lipinski definition) is 1. The van der Waals surface area contributed by atoms with Crippen LogP contribution in [0.25, 0.3) is 10.8 Å². The van der Waals surface area contributed by atoms with Gasteiger partial charge in [-0.25, -0.2) is 5.26 Å². The highest BCUT2D eigenvalue weighted by molar-refractivity contribution is 6.92. The number of rotatable bonds is 1. The van der Waals surface area contributed by atoms with Crippen molar-refractivity contribution in [2.75, 3.05) is 0 Å². The maximum absolute atomic E-state index is 8.54. The first kappa shape index (κ1) is 9.97. The van der Waals surface area contributed by atoms with Crippen molar-refractivity contribution in [2.24, 2.45) is 0 Å². The van der Waals surface area contributed by atoms with Gasteiger partial charge in [-0.3, -0.25) is 0 Å². The Labute approximate surface area is 79.7 Å². The second kappa shape index (κ2) is 4.22. The predicted octanol–water partition coefficient (Wildman–Crippen LogP) is 2.75. The second-order valence-corrected chi connectivity index (χ2v) is 2.57. The maximum atomic E-state index is 8.54. The summed E-state index contributed by atoms with van der Waals surface area (Å²) >= 11 is 0. The third-order valence-corrected chi connectivity index (χ3v) is 1.85. The van der Waals surface area contributed by atoms with Crippen LogP contribution in [-0.2, 0) is 0 Å². The first-order valence-corrected chi connectivity index (χ1v) is 3.71. The van der Waals surface area contributed by atoms with Crippen molar-refractivity contribution in [1.29, 1.82) is 0 Å². The van der Waals surface area contributed by atoms with Gasteiger partial charge in [0.05, 0.1) is 0 Å². The van der Waals surface area contributed by atoms with Crippen molar-refractivity contribution < 1.29 is 10.1 Å². The fourth-order valence-corrected chi connectivity index (χ4v) is 1.28. The van der Waals surface area contributed by atoms with Gasteiger partial charge >= 0.3 is 0 Å². The molecule has 68 valence electrons. The molecule has 0 heterocycles. The topological polar surface area (TPSA) is 29.5 Å². The Bertz CT molecular complexity index is 396. The molecule has 0 radical (unpaired) electrons. The summed E-state index contributed by atoms with van der Waals surface area (Å²) in [4.78, 5) is 4.23. The van der Waals surface area contributed by atoms with Crippen molar-refractivity contribution in [1.82, 2.24) is 0 Å². The molecule has 2 rings (SSSR count). The Morgan fingerprint density at radius 1 is 0.923 bits per heavy atom. The van der Waals surface area contributed by atoms with Crippen LogP contribution in [0.15, 0.2) is 42.5 Å². The van der Waals surface area contributed by atoms with E-state index in [1.54, 1.807) is 6.07 Å². The third-order valence-electron chi connectivity index (χ3n) is 1.85. The molecule has 3 heteroatoms. The van der Waals surface area contributed by atoms with Gasteiger partial charge in [-0.05, 0) is 11.5 Å². The lowest BCUT2D eigenvalue weighted by molar-refractivity contribution is -0.136. The lowest BCUT2D eigenvalue weighted by Gasteiger charge is -2.00. The Kier molecular flexibility index (Phi) is 3.24. The van der Waals surface area contributed by atoms with Crippen LogP contribution in [0.3, 0.4) is 0 Å². The molecule has 1 unspecified atom stereocenters. The van der Waals surface area contributed by atoms with Crippen LogP contribution < -0.4 is 4.89 Å². The van der Waals surface area contributed by atoms with Gasteiger partial charge in [-0.15, -0.1) is 0 Å². The van der Waals surface area contributed by atoms with Crippen LogP contribution >= 0.6 is 9.90 Å². The standard InChI is InChI=1S/C10H8O2.H3P/c11-12-10-7-3-5-8-4-1-2-6-9(8)10;/h1-7,11H;1H3. The van der Waals surface area contributed by atoms with Gasteiger partial charge in [-0.1, -0.05) is 36.4 Å². The predicted molar refractivity (Wildman–Crippen MR) is 58.3 cm³/mol. The molecule has 2 aromatic carbocycles. The molecule has 0 aliphatic carbocycles. The fourth-order valence-electron chi connectivity index (χ4n) is 1.28. The van der Waals surface area contributed by atoms with Gasteiger partial charge in [0.25, 0.3) is 0 Å². The summed E-state index contributed by atoms with van der Waals surface area (Å²) in [5.41, 5.74) is 0. The molecule has 0 aliphatic heterocycles. The van der Waals surface area contributed by atoms with Crippen LogP contribution in [0.1, 0.15) is 0 Å². The lowest BCUT2D eigenvalue weighted by atomic mass is 10.1. The van der Waals surface area contributed by atoms with Gasteiger partial charge in [0.2, 0.25) is 0 Å². The van der Waals surface area contributed by atoms with Crippen LogP contribution in [0.5, 0.6) is 5.75 Å². The molecule has 0 saturated carbocycles. The summed E-state index contributed by atoms with van der Waals surface area (Å²) in [5, 5.41) is 10.5. The van der Waals surface area contributed by atoms with E-state index in [0.717, 1.165) is 10.8 Å².